The number of amides is 1. The van der Waals surface area contributed by atoms with E-state index in [1.165, 1.54) is 24.2 Å². The molecule has 2 aliphatic carbocycles. The van der Waals surface area contributed by atoms with E-state index in [4.69, 9.17) is 24.5 Å². The number of nitrogens with one attached hydrogen (secondary N) is 2. The van der Waals surface area contributed by atoms with E-state index in [-0.39, 0.29) is 23.5 Å². The van der Waals surface area contributed by atoms with Gasteiger partial charge >= 0.3 is 0 Å². The van der Waals surface area contributed by atoms with Crippen molar-refractivity contribution >= 4 is 39.6 Å². The van der Waals surface area contributed by atoms with Gasteiger partial charge in [-0.3, -0.25) is 4.79 Å². The van der Waals surface area contributed by atoms with E-state index in [1.807, 2.05) is 25.1 Å². The van der Waals surface area contributed by atoms with Crippen molar-refractivity contribution in [1.82, 2.24) is 15.1 Å². The summed E-state index contributed by atoms with van der Waals surface area (Å²) in [6.45, 7) is 1.97. The van der Waals surface area contributed by atoms with Gasteiger partial charge in [0, 0.05) is 35.0 Å². The van der Waals surface area contributed by atoms with E-state index in [2.05, 4.69) is 37.9 Å². The van der Waals surface area contributed by atoms with Gasteiger partial charge in [-0.2, -0.15) is 4.98 Å². The molecule has 44 heavy (non-hydrogen) atoms. The number of nitrogens with zero attached hydrogens (tertiary/aromatic N) is 3. The molecule has 2 bridgehead atoms. The molecule has 4 N–H and O–H groups in total. The lowest BCUT2D eigenvalue weighted by Gasteiger charge is -2.25. The molecular weight excluding hydrogens is 580 g/mol. The first kappa shape index (κ1) is 29.5. The Hall–Kier alpha value is -4.58. The summed E-state index contributed by atoms with van der Waals surface area (Å²) in [5, 5.41) is 11.1. The average molecular weight is 617 g/mol. The van der Waals surface area contributed by atoms with Gasteiger partial charge in [-0.1, -0.05) is 41.1 Å². The molecular formula is C32H36N6O5S. The fourth-order valence-electron chi connectivity index (χ4n) is 6.03. The quantitative estimate of drug-likeness (QED) is 0.171. The van der Waals surface area contributed by atoms with Gasteiger partial charge in [0.1, 0.15) is 10.7 Å². The minimum absolute atomic E-state index is 0.0183. The summed E-state index contributed by atoms with van der Waals surface area (Å²) < 4.78 is 21.9. The second kappa shape index (κ2) is 12.6. The SMILES string of the molecule is COc1cc(Nc2nc(N)c(-c3nc(-c4cc(NC(=O)C5CCC6C=CC5CCC6)ccc4C)no3)s2)cc(OC)c1OC. The number of rotatable bonds is 9. The van der Waals surface area contributed by atoms with Crippen LogP contribution in [0.1, 0.15) is 37.7 Å². The summed E-state index contributed by atoms with van der Waals surface area (Å²) >= 11 is 1.27. The molecule has 2 aliphatic rings. The highest BCUT2D eigenvalue weighted by molar-refractivity contribution is 7.19. The molecule has 3 unspecified atom stereocenters. The van der Waals surface area contributed by atoms with Crippen LogP contribution in [0.25, 0.3) is 22.2 Å². The smallest absolute Gasteiger partial charge is 0.272 e. The molecule has 12 heteroatoms. The molecule has 4 aromatic rings. The number of fused-ring (bicyclic) bond motifs is 2. The van der Waals surface area contributed by atoms with Gasteiger partial charge in [0.05, 0.1) is 21.3 Å². The maximum absolute atomic E-state index is 13.4. The number of ether oxygens (including phenoxy) is 3. The van der Waals surface area contributed by atoms with Gasteiger partial charge in [0.2, 0.25) is 17.5 Å². The lowest BCUT2D eigenvalue weighted by Crippen LogP contribution is -2.29. The summed E-state index contributed by atoms with van der Waals surface area (Å²) in [6, 6.07) is 9.31. The predicted octanol–water partition coefficient (Wildman–Crippen LogP) is 6.84. The molecule has 0 spiro atoms. The lowest BCUT2D eigenvalue weighted by molar-refractivity contribution is -0.121. The number of nitrogens with two attached hydrogens (primary N) is 1. The van der Waals surface area contributed by atoms with Crippen molar-refractivity contribution < 1.29 is 23.5 Å². The van der Waals surface area contributed by atoms with Gasteiger partial charge in [-0.05, 0) is 62.1 Å². The largest absolute Gasteiger partial charge is 0.493 e. The number of nitrogen functional groups attached to an aromatic ring is 1. The molecule has 0 radical (unpaired) electrons. The zero-order valence-electron chi connectivity index (χ0n) is 25.2. The first-order valence-electron chi connectivity index (χ1n) is 14.6. The second-order valence-electron chi connectivity index (χ2n) is 11.1. The van der Waals surface area contributed by atoms with Crippen LogP contribution in [0.4, 0.5) is 22.3 Å². The average Bonchev–Trinajstić information content (AvgIpc) is 3.48. The Morgan fingerprint density at radius 1 is 0.977 bits per heavy atom. The molecule has 0 saturated carbocycles. The van der Waals surface area contributed by atoms with Gasteiger partial charge in [-0.15, -0.1) is 0 Å². The highest BCUT2D eigenvalue weighted by atomic mass is 32.1. The van der Waals surface area contributed by atoms with E-state index < -0.39 is 0 Å². The number of hydrogen-bond donors (Lipinski definition) is 3. The topological polar surface area (TPSA) is 147 Å². The number of allylic oxidation sites excluding steroid dienone is 2. The van der Waals surface area contributed by atoms with Crippen LogP contribution in [0, 0.1) is 24.7 Å². The maximum Gasteiger partial charge on any atom is 0.272 e. The van der Waals surface area contributed by atoms with Gasteiger partial charge in [0.15, 0.2) is 16.6 Å². The third-order valence-corrected chi connectivity index (χ3v) is 9.36. The Bertz CT molecular complexity index is 1670. The Kier molecular flexibility index (Phi) is 8.42. The van der Waals surface area contributed by atoms with Crippen LogP contribution in [0.3, 0.4) is 0 Å². The summed E-state index contributed by atoms with van der Waals surface area (Å²) in [5.74, 6) is 3.33. The Morgan fingerprint density at radius 2 is 1.77 bits per heavy atom. The van der Waals surface area contributed by atoms with E-state index in [0.29, 0.717) is 56.3 Å². The number of benzene rings is 2. The number of methoxy groups -OCH3 is 3. The van der Waals surface area contributed by atoms with Crippen molar-refractivity contribution in [3.05, 3.63) is 48.0 Å². The number of aryl methyl sites for hydroxylation is 1. The van der Waals surface area contributed by atoms with Crippen molar-refractivity contribution in [3.63, 3.8) is 0 Å². The van der Waals surface area contributed by atoms with Crippen LogP contribution in [-0.2, 0) is 4.79 Å². The summed E-state index contributed by atoms with van der Waals surface area (Å²) in [7, 11) is 4.66. The molecule has 3 atom stereocenters. The summed E-state index contributed by atoms with van der Waals surface area (Å²) in [5.41, 5.74) is 9.35. The molecule has 6 rings (SSSR count). The minimum Gasteiger partial charge on any atom is -0.493 e. The zero-order chi connectivity index (χ0) is 30.8. The van der Waals surface area contributed by atoms with Crippen LogP contribution in [0.2, 0.25) is 0 Å². The Balaban J connectivity index is 1.20. The number of anilines is 4. The summed E-state index contributed by atoms with van der Waals surface area (Å²) in [4.78, 5) is 23.0. The van der Waals surface area contributed by atoms with Crippen LogP contribution < -0.4 is 30.6 Å². The number of hydrogen-bond acceptors (Lipinski definition) is 11. The van der Waals surface area contributed by atoms with Crippen LogP contribution >= 0.6 is 11.3 Å². The first-order chi connectivity index (χ1) is 21.4. The molecule has 2 aromatic heterocycles. The van der Waals surface area contributed by atoms with E-state index >= 15 is 0 Å². The third kappa shape index (κ3) is 5.94. The van der Waals surface area contributed by atoms with Gasteiger partial charge in [-0.25, -0.2) is 4.98 Å². The number of aromatic nitrogens is 3. The Morgan fingerprint density at radius 3 is 2.52 bits per heavy atom. The molecule has 0 saturated heterocycles. The highest BCUT2D eigenvalue weighted by Crippen LogP contribution is 2.42. The molecule has 0 aliphatic heterocycles. The predicted molar refractivity (Wildman–Crippen MR) is 171 cm³/mol. The Labute approximate surface area is 259 Å². The van der Waals surface area contributed by atoms with E-state index in [9.17, 15) is 4.79 Å². The van der Waals surface area contributed by atoms with Gasteiger partial charge in [0.25, 0.3) is 5.89 Å². The third-order valence-electron chi connectivity index (χ3n) is 8.38. The standard InChI is InChI=1S/C32H36N6O5S/c1-17-8-12-20(34-30(39)22-13-10-18-6-5-7-19(22)11-9-18)14-23(17)29-37-31(43-38-29)27-28(33)36-32(44-27)35-21-15-24(40-2)26(42-4)25(16-21)41-3/h8-9,11-12,14-16,18-19,22H,5-7,10,13,33H2,1-4H3,(H,34,39)(H,35,36). The number of thiazole rings is 1. The van der Waals surface area contributed by atoms with Crippen LogP contribution in [0.15, 0.2) is 47.0 Å². The monoisotopic (exact) mass is 616 g/mol. The van der Waals surface area contributed by atoms with Crippen molar-refractivity contribution in [2.75, 3.05) is 37.7 Å². The normalized spacial score (nSPS) is 19.2. The van der Waals surface area contributed by atoms with Crippen molar-refractivity contribution in [2.24, 2.45) is 17.8 Å². The molecule has 2 aromatic carbocycles. The molecule has 230 valence electrons. The van der Waals surface area contributed by atoms with Crippen LogP contribution in [0.5, 0.6) is 17.2 Å². The molecule has 11 nitrogen and oxygen atoms in total. The van der Waals surface area contributed by atoms with Crippen LogP contribution in [-0.4, -0.2) is 42.4 Å². The van der Waals surface area contributed by atoms with Crippen molar-refractivity contribution in [3.8, 4) is 39.4 Å². The zero-order valence-corrected chi connectivity index (χ0v) is 26.0. The summed E-state index contributed by atoms with van der Waals surface area (Å²) in [6.07, 6.45) is 10.0. The van der Waals surface area contributed by atoms with E-state index in [1.54, 1.807) is 33.5 Å². The lowest BCUT2D eigenvalue weighted by atomic mass is 9.82. The minimum atomic E-state index is -0.0183. The van der Waals surface area contributed by atoms with Crippen molar-refractivity contribution in [2.45, 2.75) is 39.0 Å². The van der Waals surface area contributed by atoms with E-state index in [0.717, 1.165) is 30.4 Å². The number of carbonyl (C=O) groups excluding carboxylic acids is 1. The number of carbonyl (C=O) groups is 1. The van der Waals surface area contributed by atoms with Crippen molar-refractivity contribution in [1.29, 1.82) is 0 Å². The fourth-order valence-corrected chi connectivity index (χ4v) is 6.86. The highest BCUT2D eigenvalue weighted by Gasteiger charge is 2.31. The molecule has 1 amide bonds. The fraction of sp³-hybridized carbons (Fsp3) is 0.375. The second-order valence-corrected chi connectivity index (χ2v) is 12.1. The van der Waals surface area contributed by atoms with Gasteiger partial charge < -0.3 is 35.1 Å². The molecule has 0 fully saturated rings. The maximum atomic E-state index is 13.4. The first-order valence-corrected chi connectivity index (χ1v) is 15.5. The molecule has 2 heterocycles.